The molecule has 0 aliphatic carbocycles. The summed E-state index contributed by atoms with van der Waals surface area (Å²) in [6.45, 7) is 1.30. The molecule has 0 saturated heterocycles. The van der Waals surface area contributed by atoms with Crippen molar-refractivity contribution in [3.8, 4) is 5.75 Å². The van der Waals surface area contributed by atoms with Gasteiger partial charge in [-0.3, -0.25) is 9.59 Å². The van der Waals surface area contributed by atoms with E-state index in [1.807, 2.05) is 0 Å². The van der Waals surface area contributed by atoms with Crippen molar-refractivity contribution in [1.29, 1.82) is 0 Å². The maximum atomic E-state index is 12.0. The number of carbonyl (C=O) groups excluding carboxylic acids is 2. The second kappa shape index (κ2) is 9.34. The van der Waals surface area contributed by atoms with E-state index in [1.165, 1.54) is 19.2 Å². The summed E-state index contributed by atoms with van der Waals surface area (Å²) in [5, 5.41) is 7.73. The predicted molar refractivity (Wildman–Crippen MR) is 102 cm³/mol. The molecule has 9 heteroatoms. The molecular weight excluding hydrogens is 384 g/mol. The van der Waals surface area contributed by atoms with E-state index in [0.717, 1.165) is 0 Å². The van der Waals surface area contributed by atoms with Crippen LogP contribution >= 0.6 is 0 Å². The van der Waals surface area contributed by atoms with Crippen molar-refractivity contribution in [1.82, 2.24) is 5.32 Å². The SMILES string of the molecule is COc1ccccc1CC(=O)OCC(=O)N[C@H](C)c1ccc(S(N)(=O)=O)cc1. The highest BCUT2D eigenvalue weighted by atomic mass is 32.2. The number of sulfonamides is 1. The molecule has 0 aliphatic rings. The normalized spacial score (nSPS) is 12.1. The zero-order valence-electron chi connectivity index (χ0n) is 15.5. The first-order valence-electron chi connectivity index (χ1n) is 8.40. The Balaban J connectivity index is 1.85. The molecule has 0 radical (unpaired) electrons. The van der Waals surface area contributed by atoms with E-state index < -0.39 is 34.5 Å². The Morgan fingerprint density at radius 1 is 1.11 bits per heavy atom. The lowest BCUT2D eigenvalue weighted by Crippen LogP contribution is -2.31. The standard InChI is InChI=1S/C19H22N2O6S/c1-13(14-7-9-16(10-8-14)28(20,24)25)21-18(22)12-27-19(23)11-15-5-3-4-6-17(15)26-2/h3-10,13H,11-12H2,1-2H3,(H,21,22)(H2,20,24,25)/t13-/m1/s1. The van der Waals surface area contributed by atoms with Gasteiger partial charge >= 0.3 is 5.97 Å². The topological polar surface area (TPSA) is 125 Å². The Bertz CT molecular complexity index is 941. The van der Waals surface area contributed by atoms with Gasteiger partial charge in [0, 0.05) is 5.56 Å². The van der Waals surface area contributed by atoms with Crippen LogP contribution in [0.2, 0.25) is 0 Å². The van der Waals surface area contributed by atoms with Gasteiger partial charge in [-0.25, -0.2) is 13.6 Å². The van der Waals surface area contributed by atoms with E-state index in [4.69, 9.17) is 14.6 Å². The molecule has 0 spiro atoms. The van der Waals surface area contributed by atoms with E-state index >= 15 is 0 Å². The Hall–Kier alpha value is -2.91. The van der Waals surface area contributed by atoms with Crippen molar-refractivity contribution >= 4 is 21.9 Å². The molecular formula is C19H22N2O6S. The highest BCUT2D eigenvalue weighted by molar-refractivity contribution is 7.89. The number of amides is 1. The summed E-state index contributed by atoms with van der Waals surface area (Å²) in [4.78, 5) is 23.9. The largest absolute Gasteiger partial charge is 0.496 e. The molecule has 2 aromatic carbocycles. The Labute approximate surface area is 163 Å². The lowest BCUT2D eigenvalue weighted by atomic mass is 10.1. The average molecular weight is 406 g/mol. The molecule has 2 rings (SSSR count). The minimum absolute atomic E-state index is 0.0120. The third kappa shape index (κ3) is 6.07. The molecule has 0 unspecified atom stereocenters. The monoisotopic (exact) mass is 406 g/mol. The van der Waals surface area contributed by atoms with Crippen molar-refractivity contribution in [3.05, 3.63) is 59.7 Å². The van der Waals surface area contributed by atoms with Crippen LogP contribution in [0.4, 0.5) is 0 Å². The number of rotatable bonds is 8. The number of para-hydroxylation sites is 1. The zero-order chi connectivity index (χ0) is 20.7. The quantitative estimate of drug-likeness (QED) is 0.637. The van der Waals surface area contributed by atoms with E-state index in [2.05, 4.69) is 5.32 Å². The third-order valence-electron chi connectivity index (χ3n) is 3.98. The van der Waals surface area contributed by atoms with Gasteiger partial charge in [0.15, 0.2) is 6.61 Å². The van der Waals surface area contributed by atoms with Crippen LogP contribution in [0.1, 0.15) is 24.1 Å². The van der Waals surface area contributed by atoms with Gasteiger partial charge in [-0.05, 0) is 30.7 Å². The van der Waals surface area contributed by atoms with E-state index in [1.54, 1.807) is 43.3 Å². The smallest absolute Gasteiger partial charge is 0.310 e. The van der Waals surface area contributed by atoms with E-state index in [-0.39, 0.29) is 11.3 Å². The van der Waals surface area contributed by atoms with Gasteiger partial charge in [0.1, 0.15) is 5.75 Å². The lowest BCUT2D eigenvalue weighted by molar-refractivity contribution is -0.148. The van der Waals surface area contributed by atoms with Crippen LogP contribution in [0.15, 0.2) is 53.4 Å². The molecule has 1 amide bonds. The zero-order valence-corrected chi connectivity index (χ0v) is 16.4. The van der Waals surface area contributed by atoms with Gasteiger partial charge in [-0.2, -0.15) is 0 Å². The first-order chi connectivity index (χ1) is 13.2. The molecule has 0 heterocycles. The Kier molecular flexibility index (Phi) is 7.13. The fourth-order valence-electron chi connectivity index (χ4n) is 2.51. The van der Waals surface area contributed by atoms with Gasteiger partial charge in [-0.1, -0.05) is 30.3 Å². The number of hydrogen-bond donors (Lipinski definition) is 2. The molecule has 0 aromatic heterocycles. The van der Waals surface area contributed by atoms with E-state index in [9.17, 15) is 18.0 Å². The number of esters is 1. The predicted octanol–water partition coefficient (Wildman–Crippen LogP) is 1.31. The molecule has 28 heavy (non-hydrogen) atoms. The summed E-state index contributed by atoms with van der Waals surface area (Å²) >= 11 is 0. The summed E-state index contributed by atoms with van der Waals surface area (Å²) in [6.07, 6.45) is -0.0120. The lowest BCUT2D eigenvalue weighted by Gasteiger charge is -2.15. The molecule has 0 saturated carbocycles. The summed E-state index contributed by atoms with van der Waals surface area (Å²) in [7, 11) is -2.26. The van der Waals surface area contributed by atoms with Crippen LogP contribution in [0.5, 0.6) is 5.75 Å². The first kappa shape index (κ1) is 21.4. The average Bonchev–Trinajstić information content (AvgIpc) is 2.66. The van der Waals surface area contributed by atoms with Gasteiger partial charge in [0.2, 0.25) is 10.0 Å². The van der Waals surface area contributed by atoms with Crippen molar-refractivity contribution in [3.63, 3.8) is 0 Å². The van der Waals surface area contributed by atoms with Crippen LogP contribution in [0.25, 0.3) is 0 Å². The van der Waals surface area contributed by atoms with Gasteiger partial charge in [-0.15, -0.1) is 0 Å². The molecule has 3 N–H and O–H groups in total. The fraction of sp³-hybridized carbons (Fsp3) is 0.263. The van der Waals surface area contributed by atoms with Crippen molar-refractivity contribution in [2.45, 2.75) is 24.3 Å². The van der Waals surface area contributed by atoms with Crippen molar-refractivity contribution < 1.29 is 27.5 Å². The van der Waals surface area contributed by atoms with Gasteiger partial charge in [0.25, 0.3) is 5.91 Å². The molecule has 1 atom stereocenters. The number of methoxy groups -OCH3 is 1. The van der Waals surface area contributed by atoms with Crippen molar-refractivity contribution in [2.24, 2.45) is 5.14 Å². The van der Waals surface area contributed by atoms with Gasteiger partial charge in [0.05, 0.1) is 24.5 Å². The second-order valence-corrected chi connectivity index (χ2v) is 7.61. The summed E-state index contributed by atoms with van der Waals surface area (Å²) in [5.41, 5.74) is 1.35. The molecule has 2 aromatic rings. The minimum atomic E-state index is -3.77. The molecule has 0 fully saturated rings. The summed E-state index contributed by atoms with van der Waals surface area (Å²) in [5.74, 6) is -0.457. The highest BCUT2D eigenvalue weighted by Crippen LogP contribution is 2.18. The first-order valence-corrected chi connectivity index (χ1v) is 9.95. The Morgan fingerprint density at radius 2 is 1.75 bits per heavy atom. The minimum Gasteiger partial charge on any atom is -0.496 e. The number of nitrogens with one attached hydrogen (secondary N) is 1. The summed E-state index contributed by atoms with van der Waals surface area (Å²) < 4.78 is 32.7. The van der Waals surface area contributed by atoms with Crippen molar-refractivity contribution in [2.75, 3.05) is 13.7 Å². The maximum Gasteiger partial charge on any atom is 0.310 e. The Morgan fingerprint density at radius 3 is 2.36 bits per heavy atom. The molecule has 0 bridgehead atoms. The van der Waals surface area contributed by atoms with Crippen LogP contribution in [0, 0.1) is 0 Å². The summed E-state index contributed by atoms with van der Waals surface area (Å²) in [6, 6.07) is 12.5. The van der Waals surface area contributed by atoms with Crippen LogP contribution in [-0.2, 0) is 30.8 Å². The molecule has 8 nitrogen and oxygen atoms in total. The maximum absolute atomic E-state index is 12.0. The number of carbonyl (C=O) groups is 2. The van der Waals surface area contributed by atoms with Crippen LogP contribution in [-0.4, -0.2) is 34.0 Å². The molecule has 0 aliphatic heterocycles. The number of benzene rings is 2. The number of primary sulfonamides is 1. The van der Waals surface area contributed by atoms with Crippen LogP contribution < -0.4 is 15.2 Å². The third-order valence-corrected chi connectivity index (χ3v) is 4.91. The highest BCUT2D eigenvalue weighted by Gasteiger charge is 2.15. The fourth-order valence-corrected chi connectivity index (χ4v) is 3.03. The second-order valence-electron chi connectivity index (χ2n) is 6.05. The van der Waals surface area contributed by atoms with Gasteiger partial charge < -0.3 is 14.8 Å². The molecule has 150 valence electrons. The number of nitrogens with two attached hydrogens (primary N) is 1. The van der Waals surface area contributed by atoms with Crippen LogP contribution in [0.3, 0.4) is 0 Å². The number of hydrogen-bond acceptors (Lipinski definition) is 6. The van der Waals surface area contributed by atoms with E-state index in [0.29, 0.717) is 16.9 Å². The number of ether oxygens (including phenoxy) is 2.